The first-order valence-corrected chi connectivity index (χ1v) is 8.34. The first-order valence-electron chi connectivity index (χ1n) is 5.25. The minimum atomic E-state index is -3.17. The van der Waals surface area contributed by atoms with Gasteiger partial charge in [-0.15, -0.1) is 0 Å². The van der Waals surface area contributed by atoms with E-state index >= 15 is 0 Å². The lowest BCUT2D eigenvalue weighted by molar-refractivity contribution is 0.602. The average molecular weight is 315 g/mol. The van der Waals surface area contributed by atoms with Crippen molar-refractivity contribution in [3.8, 4) is 0 Å². The molecule has 1 aromatic heterocycles. The largest absolute Gasteiger partial charge is 0.399 e. The highest BCUT2D eigenvalue weighted by atomic mass is 35.5. The third-order valence-corrected chi connectivity index (χ3v) is 4.52. The van der Waals surface area contributed by atoms with Crippen molar-refractivity contribution in [1.29, 1.82) is 0 Å². The zero-order valence-corrected chi connectivity index (χ0v) is 12.4. The summed E-state index contributed by atoms with van der Waals surface area (Å²) in [5.41, 5.74) is 6.21. The van der Waals surface area contributed by atoms with E-state index in [2.05, 4.69) is 4.98 Å². The second kappa shape index (κ2) is 5.40. The number of nitrogens with two attached hydrogens (primary N) is 1. The molecule has 0 aliphatic heterocycles. The summed E-state index contributed by atoms with van der Waals surface area (Å²) < 4.78 is 22.7. The topological polar surface area (TPSA) is 73.0 Å². The molecule has 0 bridgehead atoms. The molecule has 0 unspecified atom stereocenters. The summed E-state index contributed by atoms with van der Waals surface area (Å²) >= 11 is 7.18. The van der Waals surface area contributed by atoms with Gasteiger partial charge in [-0.3, -0.25) is 0 Å². The van der Waals surface area contributed by atoms with Crippen molar-refractivity contribution in [2.45, 2.75) is 14.8 Å². The molecule has 1 heterocycles. The molecule has 2 aromatic rings. The van der Waals surface area contributed by atoms with Crippen molar-refractivity contribution in [3.63, 3.8) is 0 Å². The van der Waals surface area contributed by atoms with E-state index in [9.17, 15) is 8.42 Å². The van der Waals surface area contributed by atoms with Crippen LogP contribution in [-0.2, 0) is 9.84 Å². The zero-order chi connectivity index (χ0) is 14.0. The van der Waals surface area contributed by atoms with E-state index in [-0.39, 0.29) is 4.90 Å². The van der Waals surface area contributed by atoms with E-state index in [1.807, 2.05) is 0 Å². The molecule has 0 amide bonds. The summed E-state index contributed by atoms with van der Waals surface area (Å²) in [5, 5.41) is 0.993. The lowest BCUT2D eigenvalue weighted by Gasteiger charge is -2.04. The predicted octanol–water partition coefficient (Wildman–Crippen LogP) is 2.87. The van der Waals surface area contributed by atoms with Gasteiger partial charge in [0.2, 0.25) is 0 Å². The van der Waals surface area contributed by atoms with Gasteiger partial charge >= 0.3 is 0 Å². The summed E-state index contributed by atoms with van der Waals surface area (Å²) in [6, 6.07) is 9.84. The smallest absolute Gasteiger partial charge is 0.175 e. The molecule has 1 aromatic carbocycles. The van der Waals surface area contributed by atoms with Gasteiger partial charge in [-0.25, -0.2) is 13.4 Å². The van der Waals surface area contributed by atoms with Crippen LogP contribution >= 0.6 is 23.4 Å². The molecule has 2 rings (SSSR count). The molecule has 0 saturated heterocycles. The molecule has 0 spiro atoms. The molecule has 4 nitrogen and oxygen atoms in total. The third kappa shape index (κ3) is 3.86. The second-order valence-electron chi connectivity index (χ2n) is 3.91. The molecule has 0 aliphatic carbocycles. The molecule has 7 heteroatoms. The van der Waals surface area contributed by atoms with Crippen molar-refractivity contribution in [1.82, 2.24) is 4.98 Å². The maximum atomic E-state index is 11.3. The molecule has 0 saturated carbocycles. The summed E-state index contributed by atoms with van der Waals surface area (Å²) in [6.45, 7) is 0. The van der Waals surface area contributed by atoms with Crippen LogP contribution in [0.25, 0.3) is 0 Å². The minimum absolute atomic E-state index is 0.287. The van der Waals surface area contributed by atoms with Gasteiger partial charge in [0.05, 0.1) is 4.90 Å². The zero-order valence-electron chi connectivity index (χ0n) is 10.00. The lowest BCUT2D eigenvalue weighted by atomic mass is 10.4. The van der Waals surface area contributed by atoms with E-state index in [1.54, 1.807) is 36.4 Å². The number of nitrogen functional groups attached to an aromatic ring is 1. The van der Waals surface area contributed by atoms with Crippen LogP contribution in [0.4, 0.5) is 5.69 Å². The van der Waals surface area contributed by atoms with Crippen LogP contribution in [-0.4, -0.2) is 19.7 Å². The summed E-state index contributed by atoms with van der Waals surface area (Å²) in [4.78, 5) is 5.28. The number of sulfone groups is 1. The Morgan fingerprint density at radius 3 is 2.37 bits per heavy atom. The van der Waals surface area contributed by atoms with E-state index < -0.39 is 9.84 Å². The van der Waals surface area contributed by atoms with Crippen LogP contribution in [0.2, 0.25) is 5.15 Å². The van der Waals surface area contributed by atoms with Gasteiger partial charge in [-0.2, -0.15) is 0 Å². The molecule has 2 N–H and O–H groups in total. The fourth-order valence-electron chi connectivity index (χ4n) is 1.42. The van der Waals surface area contributed by atoms with Crippen LogP contribution in [0, 0.1) is 0 Å². The fourth-order valence-corrected chi connectivity index (χ4v) is 3.17. The number of anilines is 1. The molecule has 100 valence electrons. The Kier molecular flexibility index (Phi) is 4.03. The van der Waals surface area contributed by atoms with Crippen LogP contribution in [0.3, 0.4) is 0 Å². The number of nitrogens with zero attached hydrogens (tertiary/aromatic N) is 1. The summed E-state index contributed by atoms with van der Waals surface area (Å²) in [6.07, 6.45) is 1.17. The van der Waals surface area contributed by atoms with Gasteiger partial charge in [0.15, 0.2) is 9.84 Å². The first kappa shape index (κ1) is 14.2. The van der Waals surface area contributed by atoms with E-state index in [1.165, 1.54) is 18.0 Å². The Balaban J connectivity index is 2.24. The van der Waals surface area contributed by atoms with Gasteiger partial charge in [0, 0.05) is 16.8 Å². The van der Waals surface area contributed by atoms with E-state index in [4.69, 9.17) is 17.3 Å². The van der Waals surface area contributed by atoms with Crippen LogP contribution in [0.1, 0.15) is 0 Å². The van der Waals surface area contributed by atoms with Gasteiger partial charge in [0.1, 0.15) is 10.2 Å². The molecule has 19 heavy (non-hydrogen) atoms. The van der Waals surface area contributed by atoms with Crippen molar-refractivity contribution < 1.29 is 8.42 Å². The summed E-state index contributed by atoms with van der Waals surface area (Å²) in [7, 11) is -3.17. The number of halogens is 1. The average Bonchev–Trinajstić information content (AvgIpc) is 2.26. The Morgan fingerprint density at radius 1 is 1.21 bits per heavy atom. The van der Waals surface area contributed by atoms with Crippen LogP contribution in [0.15, 0.2) is 51.2 Å². The monoisotopic (exact) mass is 314 g/mol. The third-order valence-electron chi connectivity index (χ3n) is 2.27. The van der Waals surface area contributed by atoms with Gasteiger partial charge in [0.25, 0.3) is 0 Å². The molecular formula is C12H11ClN2O2S2. The number of aromatic nitrogens is 1. The van der Waals surface area contributed by atoms with Crippen LogP contribution < -0.4 is 5.73 Å². The van der Waals surface area contributed by atoms with E-state index in [0.717, 1.165) is 4.90 Å². The maximum Gasteiger partial charge on any atom is 0.175 e. The Morgan fingerprint density at radius 2 is 1.84 bits per heavy atom. The number of hydrogen-bond acceptors (Lipinski definition) is 5. The molecule has 0 radical (unpaired) electrons. The van der Waals surface area contributed by atoms with E-state index in [0.29, 0.717) is 15.9 Å². The first-order chi connectivity index (χ1) is 8.84. The van der Waals surface area contributed by atoms with Gasteiger partial charge in [-0.05, 0) is 36.4 Å². The molecule has 0 atom stereocenters. The van der Waals surface area contributed by atoms with Crippen molar-refractivity contribution in [3.05, 3.63) is 41.6 Å². The minimum Gasteiger partial charge on any atom is -0.399 e. The van der Waals surface area contributed by atoms with Crippen LogP contribution in [0.5, 0.6) is 0 Å². The fraction of sp³-hybridized carbons (Fsp3) is 0.0833. The number of rotatable bonds is 3. The van der Waals surface area contributed by atoms with Crippen molar-refractivity contribution in [2.24, 2.45) is 0 Å². The molecule has 0 aliphatic rings. The number of pyridine rings is 1. The SMILES string of the molecule is CS(=O)(=O)c1ccc(Sc2cc(N)cc(Cl)n2)cc1. The quantitative estimate of drug-likeness (QED) is 0.882. The van der Waals surface area contributed by atoms with Gasteiger partial charge < -0.3 is 5.73 Å². The highest BCUT2D eigenvalue weighted by Gasteiger charge is 2.07. The van der Waals surface area contributed by atoms with Crippen molar-refractivity contribution in [2.75, 3.05) is 12.0 Å². The summed E-state index contributed by atoms with van der Waals surface area (Å²) in [5.74, 6) is 0. The predicted molar refractivity (Wildman–Crippen MR) is 77.3 cm³/mol. The highest BCUT2D eigenvalue weighted by Crippen LogP contribution is 2.29. The molecular weight excluding hydrogens is 304 g/mol. The number of hydrogen-bond donors (Lipinski definition) is 1. The Labute approximate surface area is 120 Å². The van der Waals surface area contributed by atoms with Crippen molar-refractivity contribution >= 4 is 38.9 Å². The Bertz CT molecular complexity index is 680. The lowest BCUT2D eigenvalue weighted by Crippen LogP contribution is -1.96. The standard InChI is InChI=1S/C12H11ClN2O2S2/c1-19(16,17)10-4-2-9(3-5-10)18-12-7-8(14)6-11(13)15-12/h2-7H,1H3,(H2,14,15). The highest BCUT2D eigenvalue weighted by molar-refractivity contribution is 7.99. The normalized spacial score (nSPS) is 11.5. The van der Waals surface area contributed by atoms with Gasteiger partial charge in [-0.1, -0.05) is 23.4 Å². The second-order valence-corrected chi connectivity index (χ2v) is 7.40. The maximum absolute atomic E-state index is 11.3. The number of benzene rings is 1. The molecule has 0 fully saturated rings. The Hall–Kier alpha value is -1.24.